The average Bonchev–Trinajstić information content (AvgIpc) is 2.87. The highest BCUT2D eigenvalue weighted by Crippen LogP contribution is 2.12. The van der Waals surface area contributed by atoms with Gasteiger partial charge in [0.15, 0.2) is 5.78 Å². The Hall–Kier alpha value is -1.16. The van der Waals surface area contributed by atoms with Gasteiger partial charge in [0.25, 0.3) is 0 Å². The number of Topliss-reactive ketones (excluding diaryl/α,β-unsaturated/α-hetero) is 1. The molecule has 1 N–H and O–H groups in total. The van der Waals surface area contributed by atoms with E-state index in [0.717, 1.165) is 17.7 Å². The van der Waals surface area contributed by atoms with Gasteiger partial charge in [-0.2, -0.15) is 0 Å². The van der Waals surface area contributed by atoms with Gasteiger partial charge in [-0.15, -0.1) is 11.3 Å². The standard InChI is InChI=1S/C15H23NO2S/c1-11(2)6-7-12(3)16-15(18)9-8-13(17)14-5-4-10-19-14/h4-5,10-12H,6-9H2,1-3H3,(H,16,18). The van der Waals surface area contributed by atoms with E-state index >= 15 is 0 Å². The minimum atomic E-state index is -0.0267. The third-order valence-electron chi connectivity index (χ3n) is 2.96. The Morgan fingerprint density at radius 2 is 1.95 bits per heavy atom. The van der Waals surface area contributed by atoms with Crippen LogP contribution in [0.1, 0.15) is 56.1 Å². The van der Waals surface area contributed by atoms with Crippen LogP contribution in [0, 0.1) is 5.92 Å². The lowest BCUT2D eigenvalue weighted by molar-refractivity contribution is -0.121. The predicted octanol–water partition coefficient (Wildman–Crippen LogP) is 3.65. The van der Waals surface area contributed by atoms with Crippen LogP contribution in [0.5, 0.6) is 0 Å². The van der Waals surface area contributed by atoms with Crippen molar-refractivity contribution in [2.24, 2.45) is 5.92 Å². The molecule has 1 aromatic rings. The molecule has 0 aliphatic heterocycles. The molecule has 1 unspecified atom stereocenters. The van der Waals surface area contributed by atoms with Crippen molar-refractivity contribution in [3.63, 3.8) is 0 Å². The second kappa shape index (κ2) is 8.10. The highest BCUT2D eigenvalue weighted by Gasteiger charge is 2.12. The van der Waals surface area contributed by atoms with Crippen LogP contribution < -0.4 is 5.32 Å². The summed E-state index contributed by atoms with van der Waals surface area (Å²) in [5.41, 5.74) is 0. The number of nitrogens with one attached hydrogen (secondary N) is 1. The van der Waals surface area contributed by atoms with E-state index in [9.17, 15) is 9.59 Å². The quantitative estimate of drug-likeness (QED) is 0.739. The second-order valence-electron chi connectivity index (χ2n) is 5.34. The highest BCUT2D eigenvalue weighted by atomic mass is 32.1. The van der Waals surface area contributed by atoms with Crippen LogP contribution in [-0.4, -0.2) is 17.7 Å². The van der Waals surface area contributed by atoms with Crippen molar-refractivity contribution >= 4 is 23.0 Å². The molecule has 0 fully saturated rings. The largest absolute Gasteiger partial charge is 0.354 e. The van der Waals surface area contributed by atoms with Gasteiger partial charge in [0.1, 0.15) is 0 Å². The topological polar surface area (TPSA) is 46.2 Å². The molecular formula is C15H23NO2S. The van der Waals surface area contributed by atoms with Crippen LogP contribution in [-0.2, 0) is 4.79 Å². The summed E-state index contributed by atoms with van der Waals surface area (Å²) < 4.78 is 0. The minimum Gasteiger partial charge on any atom is -0.354 e. The maximum absolute atomic E-state index is 11.7. The van der Waals surface area contributed by atoms with Gasteiger partial charge in [-0.1, -0.05) is 19.9 Å². The van der Waals surface area contributed by atoms with E-state index in [1.54, 1.807) is 6.07 Å². The third kappa shape index (κ3) is 6.53. The lowest BCUT2D eigenvalue weighted by Crippen LogP contribution is -2.32. The van der Waals surface area contributed by atoms with E-state index in [0.29, 0.717) is 12.3 Å². The van der Waals surface area contributed by atoms with Crippen LogP contribution in [0.3, 0.4) is 0 Å². The van der Waals surface area contributed by atoms with E-state index in [4.69, 9.17) is 0 Å². The van der Waals surface area contributed by atoms with Crippen LogP contribution in [0.25, 0.3) is 0 Å². The molecule has 0 saturated heterocycles. The third-order valence-corrected chi connectivity index (χ3v) is 3.87. The fraction of sp³-hybridized carbons (Fsp3) is 0.600. The molecule has 0 aliphatic carbocycles. The van der Waals surface area contributed by atoms with Gasteiger partial charge < -0.3 is 5.32 Å². The average molecular weight is 281 g/mol. The number of amides is 1. The summed E-state index contributed by atoms with van der Waals surface area (Å²) in [6, 6.07) is 3.84. The Labute approximate surface area is 119 Å². The SMILES string of the molecule is CC(C)CCC(C)NC(=O)CCC(=O)c1cccs1. The number of rotatable bonds is 8. The Bertz CT molecular complexity index is 398. The number of carbonyl (C=O) groups is 2. The fourth-order valence-electron chi connectivity index (χ4n) is 1.79. The molecule has 0 radical (unpaired) electrons. The van der Waals surface area contributed by atoms with E-state index in [1.165, 1.54) is 11.3 Å². The first kappa shape index (κ1) is 15.9. The summed E-state index contributed by atoms with van der Waals surface area (Å²) >= 11 is 1.43. The molecule has 1 amide bonds. The monoisotopic (exact) mass is 281 g/mol. The second-order valence-corrected chi connectivity index (χ2v) is 6.29. The van der Waals surface area contributed by atoms with Gasteiger partial charge >= 0.3 is 0 Å². The summed E-state index contributed by atoms with van der Waals surface area (Å²) in [5.74, 6) is 0.681. The van der Waals surface area contributed by atoms with Crippen LogP contribution in [0.4, 0.5) is 0 Å². The highest BCUT2D eigenvalue weighted by molar-refractivity contribution is 7.12. The van der Waals surface area contributed by atoms with Crippen molar-refractivity contribution in [1.82, 2.24) is 5.32 Å². The molecule has 0 aromatic carbocycles. The van der Waals surface area contributed by atoms with Crippen molar-refractivity contribution in [3.8, 4) is 0 Å². The van der Waals surface area contributed by atoms with E-state index in [1.807, 2.05) is 18.4 Å². The Morgan fingerprint density at radius 3 is 2.53 bits per heavy atom. The fourth-order valence-corrected chi connectivity index (χ4v) is 2.48. The first-order valence-electron chi connectivity index (χ1n) is 6.85. The molecule has 1 aromatic heterocycles. The van der Waals surface area contributed by atoms with Crippen molar-refractivity contribution in [1.29, 1.82) is 0 Å². The number of ketones is 1. The summed E-state index contributed by atoms with van der Waals surface area (Å²) in [5, 5.41) is 4.82. The van der Waals surface area contributed by atoms with E-state index < -0.39 is 0 Å². The lowest BCUT2D eigenvalue weighted by atomic mass is 10.0. The zero-order valence-corrected chi connectivity index (χ0v) is 12.8. The van der Waals surface area contributed by atoms with Crippen molar-refractivity contribution in [2.45, 2.75) is 52.5 Å². The van der Waals surface area contributed by atoms with Crippen molar-refractivity contribution in [3.05, 3.63) is 22.4 Å². The molecule has 0 saturated carbocycles. The van der Waals surface area contributed by atoms with Crippen LogP contribution in [0.15, 0.2) is 17.5 Å². The zero-order valence-electron chi connectivity index (χ0n) is 11.9. The van der Waals surface area contributed by atoms with E-state index in [2.05, 4.69) is 19.2 Å². The van der Waals surface area contributed by atoms with Crippen LogP contribution >= 0.6 is 11.3 Å². The minimum absolute atomic E-state index is 0.0267. The normalized spacial score (nSPS) is 12.4. The van der Waals surface area contributed by atoms with Gasteiger partial charge in [-0.25, -0.2) is 0 Å². The summed E-state index contributed by atoms with van der Waals surface area (Å²) in [4.78, 5) is 24.2. The smallest absolute Gasteiger partial charge is 0.220 e. The number of hydrogen-bond acceptors (Lipinski definition) is 3. The molecule has 0 spiro atoms. The molecule has 4 heteroatoms. The molecule has 3 nitrogen and oxygen atoms in total. The Morgan fingerprint density at radius 1 is 1.21 bits per heavy atom. The summed E-state index contributed by atoms with van der Waals surface area (Å²) in [6.07, 6.45) is 2.67. The molecule has 19 heavy (non-hydrogen) atoms. The van der Waals surface area contributed by atoms with Gasteiger partial charge in [-0.3, -0.25) is 9.59 Å². The molecule has 1 heterocycles. The Kier molecular flexibility index (Phi) is 6.78. The number of thiophene rings is 1. The van der Waals surface area contributed by atoms with Crippen LogP contribution in [0.2, 0.25) is 0 Å². The van der Waals surface area contributed by atoms with Gasteiger partial charge in [-0.05, 0) is 37.1 Å². The maximum atomic E-state index is 11.7. The Balaban J connectivity index is 2.22. The molecule has 0 bridgehead atoms. The van der Waals surface area contributed by atoms with Crippen molar-refractivity contribution < 1.29 is 9.59 Å². The first-order valence-corrected chi connectivity index (χ1v) is 7.73. The molecule has 1 rings (SSSR count). The summed E-state index contributed by atoms with van der Waals surface area (Å²) in [6.45, 7) is 6.36. The summed E-state index contributed by atoms with van der Waals surface area (Å²) in [7, 11) is 0. The number of hydrogen-bond donors (Lipinski definition) is 1. The lowest BCUT2D eigenvalue weighted by Gasteiger charge is -2.14. The molecule has 0 aliphatic rings. The van der Waals surface area contributed by atoms with E-state index in [-0.39, 0.29) is 24.2 Å². The number of carbonyl (C=O) groups excluding carboxylic acids is 2. The van der Waals surface area contributed by atoms with Gasteiger partial charge in [0.05, 0.1) is 4.88 Å². The zero-order chi connectivity index (χ0) is 14.3. The van der Waals surface area contributed by atoms with Gasteiger partial charge in [0.2, 0.25) is 5.91 Å². The van der Waals surface area contributed by atoms with Gasteiger partial charge in [0, 0.05) is 18.9 Å². The first-order chi connectivity index (χ1) is 8.99. The predicted molar refractivity (Wildman–Crippen MR) is 79.6 cm³/mol. The van der Waals surface area contributed by atoms with Crippen molar-refractivity contribution in [2.75, 3.05) is 0 Å². The molecule has 106 valence electrons. The molecule has 1 atom stereocenters. The molecular weight excluding hydrogens is 258 g/mol. The maximum Gasteiger partial charge on any atom is 0.220 e.